The minimum atomic E-state index is 0.273. The zero-order valence-electron chi connectivity index (χ0n) is 11.9. The Morgan fingerprint density at radius 2 is 1.88 bits per heavy atom. The van der Waals surface area contributed by atoms with E-state index in [9.17, 15) is 5.26 Å². The van der Waals surface area contributed by atoms with Gasteiger partial charge in [-0.2, -0.15) is 5.26 Å². The van der Waals surface area contributed by atoms with Crippen LogP contribution in [0, 0.1) is 23.2 Å². The summed E-state index contributed by atoms with van der Waals surface area (Å²) in [4.78, 5) is 2.64. The lowest BCUT2D eigenvalue weighted by Gasteiger charge is -2.38. The van der Waals surface area contributed by atoms with Gasteiger partial charge in [0.1, 0.15) is 0 Å². The van der Waals surface area contributed by atoms with E-state index >= 15 is 0 Å². The summed E-state index contributed by atoms with van der Waals surface area (Å²) < 4.78 is 0. The molecule has 0 aromatic heterocycles. The van der Waals surface area contributed by atoms with Crippen molar-refractivity contribution in [2.45, 2.75) is 71.9 Å². The molecule has 2 heteroatoms. The van der Waals surface area contributed by atoms with Crippen LogP contribution >= 0.6 is 0 Å². The molecule has 1 saturated carbocycles. The Labute approximate surface area is 107 Å². The van der Waals surface area contributed by atoms with Crippen molar-refractivity contribution < 1.29 is 0 Å². The van der Waals surface area contributed by atoms with E-state index in [1.54, 1.807) is 0 Å². The number of hydrogen-bond acceptors (Lipinski definition) is 2. The van der Waals surface area contributed by atoms with Crippen LogP contribution < -0.4 is 0 Å². The van der Waals surface area contributed by atoms with Crippen LogP contribution in [0.3, 0.4) is 0 Å². The standard InChI is InChI=1S/C15H28N2/c1-5-14(6-2)17(11-12(3)4)15-9-7-8-13(15)10-16/h12-15H,5-9,11H2,1-4H3. The molecule has 0 amide bonds. The predicted molar refractivity (Wildman–Crippen MR) is 72.7 cm³/mol. The fourth-order valence-corrected chi connectivity index (χ4v) is 3.22. The summed E-state index contributed by atoms with van der Waals surface area (Å²) in [7, 11) is 0. The van der Waals surface area contributed by atoms with Crippen molar-refractivity contribution >= 4 is 0 Å². The van der Waals surface area contributed by atoms with Crippen LogP contribution in [-0.2, 0) is 0 Å². The first kappa shape index (κ1) is 14.5. The first-order valence-electron chi connectivity index (χ1n) is 7.29. The molecule has 1 fully saturated rings. The summed E-state index contributed by atoms with van der Waals surface area (Å²) in [6.07, 6.45) is 5.98. The van der Waals surface area contributed by atoms with Gasteiger partial charge < -0.3 is 0 Å². The van der Waals surface area contributed by atoms with Gasteiger partial charge >= 0.3 is 0 Å². The summed E-state index contributed by atoms with van der Waals surface area (Å²) >= 11 is 0. The van der Waals surface area contributed by atoms with Crippen molar-refractivity contribution in [1.29, 1.82) is 5.26 Å². The molecule has 1 aliphatic rings. The van der Waals surface area contributed by atoms with Crippen LogP contribution in [-0.4, -0.2) is 23.5 Å². The normalized spacial score (nSPS) is 24.8. The molecular formula is C15H28N2. The number of hydrogen-bond donors (Lipinski definition) is 0. The summed E-state index contributed by atoms with van der Waals surface area (Å²) in [6.45, 7) is 10.3. The molecule has 0 aliphatic heterocycles. The van der Waals surface area contributed by atoms with Gasteiger partial charge in [0.15, 0.2) is 0 Å². The monoisotopic (exact) mass is 236 g/mol. The highest BCUT2D eigenvalue weighted by Gasteiger charge is 2.34. The van der Waals surface area contributed by atoms with Gasteiger partial charge in [0.2, 0.25) is 0 Å². The lowest BCUT2D eigenvalue weighted by atomic mass is 9.98. The Kier molecular flexibility index (Phi) is 5.98. The van der Waals surface area contributed by atoms with E-state index in [-0.39, 0.29) is 5.92 Å². The largest absolute Gasteiger partial charge is 0.296 e. The van der Waals surface area contributed by atoms with Crippen LogP contribution in [0.15, 0.2) is 0 Å². The summed E-state index contributed by atoms with van der Waals surface area (Å²) in [5.41, 5.74) is 0. The van der Waals surface area contributed by atoms with E-state index in [1.807, 2.05) is 0 Å². The molecule has 0 bridgehead atoms. The van der Waals surface area contributed by atoms with E-state index in [0.717, 1.165) is 13.0 Å². The van der Waals surface area contributed by atoms with Gasteiger partial charge in [0, 0.05) is 18.6 Å². The topological polar surface area (TPSA) is 27.0 Å². The first-order valence-corrected chi connectivity index (χ1v) is 7.29. The van der Waals surface area contributed by atoms with E-state index < -0.39 is 0 Å². The second-order valence-electron chi connectivity index (χ2n) is 5.79. The molecule has 0 heterocycles. The Morgan fingerprint density at radius 1 is 1.24 bits per heavy atom. The maximum Gasteiger partial charge on any atom is 0.0672 e. The summed E-state index contributed by atoms with van der Waals surface area (Å²) in [6, 6.07) is 3.71. The molecule has 0 saturated heterocycles. The minimum absolute atomic E-state index is 0.273. The molecule has 0 aromatic rings. The highest BCUT2D eigenvalue weighted by atomic mass is 15.2. The van der Waals surface area contributed by atoms with Crippen molar-refractivity contribution in [3.05, 3.63) is 0 Å². The third-order valence-corrected chi connectivity index (χ3v) is 4.06. The van der Waals surface area contributed by atoms with Crippen molar-refractivity contribution in [3.8, 4) is 6.07 Å². The molecule has 0 spiro atoms. The van der Waals surface area contributed by atoms with Gasteiger partial charge in [-0.1, -0.05) is 34.1 Å². The van der Waals surface area contributed by atoms with Gasteiger partial charge in [-0.15, -0.1) is 0 Å². The van der Waals surface area contributed by atoms with Crippen molar-refractivity contribution in [3.63, 3.8) is 0 Å². The third-order valence-electron chi connectivity index (χ3n) is 4.06. The van der Waals surface area contributed by atoms with Crippen LogP contribution in [0.5, 0.6) is 0 Å². The lowest BCUT2D eigenvalue weighted by Crippen LogP contribution is -2.46. The Bertz CT molecular complexity index is 250. The molecule has 2 unspecified atom stereocenters. The van der Waals surface area contributed by atoms with Crippen LogP contribution in [0.1, 0.15) is 59.8 Å². The van der Waals surface area contributed by atoms with E-state index in [4.69, 9.17) is 0 Å². The number of rotatable bonds is 6. The molecule has 2 nitrogen and oxygen atoms in total. The Hall–Kier alpha value is -0.550. The molecule has 98 valence electrons. The summed E-state index contributed by atoms with van der Waals surface area (Å²) in [5.74, 6) is 0.963. The van der Waals surface area contributed by atoms with E-state index in [0.29, 0.717) is 18.0 Å². The van der Waals surface area contributed by atoms with Crippen LogP contribution in [0.4, 0.5) is 0 Å². The lowest BCUT2D eigenvalue weighted by molar-refractivity contribution is 0.0973. The van der Waals surface area contributed by atoms with Crippen molar-refractivity contribution in [2.75, 3.05) is 6.54 Å². The molecule has 1 rings (SSSR count). The van der Waals surface area contributed by atoms with Gasteiger partial charge in [-0.05, 0) is 31.6 Å². The molecule has 2 atom stereocenters. The Morgan fingerprint density at radius 3 is 2.35 bits per heavy atom. The van der Waals surface area contributed by atoms with Gasteiger partial charge in [-0.3, -0.25) is 4.90 Å². The maximum atomic E-state index is 9.27. The Balaban J connectivity index is 2.77. The van der Waals surface area contributed by atoms with Gasteiger partial charge in [0.25, 0.3) is 0 Å². The highest BCUT2D eigenvalue weighted by molar-refractivity contribution is 4.98. The molecular weight excluding hydrogens is 208 g/mol. The maximum absolute atomic E-state index is 9.27. The van der Waals surface area contributed by atoms with Crippen molar-refractivity contribution in [1.82, 2.24) is 4.90 Å². The zero-order valence-corrected chi connectivity index (χ0v) is 11.9. The molecule has 0 radical (unpaired) electrons. The minimum Gasteiger partial charge on any atom is -0.296 e. The fraction of sp³-hybridized carbons (Fsp3) is 0.933. The number of nitrogens with zero attached hydrogens (tertiary/aromatic N) is 2. The smallest absolute Gasteiger partial charge is 0.0672 e. The number of nitriles is 1. The van der Waals surface area contributed by atoms with E-state index in [2.05, 4.69) is 38.7 Å². The van der Waals surface area contributed by atoms with Gasteiger partial charge in [-0.25, -0.2) is 0 Å². The SMILES string of the molecule is CCC(CC)N(CC(C)C)C1CCCC1C#N. The second-order valence-corrected chi connectivity index (χ2v) is 5.79. The summed E-state index contributed by atoms with van der Waals surface area (Å²) in [5, 5.41) is 9.27. The molecule has 17 heavy (non-hydrogen) atoms. The molecule has 1 aliphatic carbocycles. The van der Waals surface area contributed by atoms with Crippen molar-refractivity contribution in [2.24, 2.45) is 11.8 Å². The van der Waals surface area contributed by atoms with Crippen LogP contribution in [0.25, 0.3) is 0 Å². The van der Waals surface area contributed by atoms with E-state index in [1.165, 1.54) is 25.7 Å². The molecule has 0 N–H and O–H groups in total. The first-order chi connectivity index (χ1) is 8.13. The fourth-order valence-electron chi connectivity index (χ4n) is 3.22. The highest BCUT2D eigenvalue weighted by Crippen LogP contribution is 2.32. The average Bonchev–Trinajstić information content (AvgIpc) is 2.76. The zero-order chi connectivity index (χ0) is 12.8. The average molecular weight is 236 g/mol. The van der Waals surface area contributed by atoms with Crippen LogP contribution in [0.2, 0.25) is 0 Å². The predicted octanol–water partition coefficient (Wildman–Crippen LogP) is 3.83. The molecule has 0 aromatic carbocycles. The third kappa shape index (κ3) is 3.71. The second kappa shape index (κ2) is 7.01. The van der Waals surface area contributed by atoms with Gasteiger partial charge in [0.05, 0.1) is 12.0 Å². The quantitative estimate of drug-likeness (QED) is 0.701.